The van der Waals surface area contributed by atoms with Crippen LogP contribution in [0.5, 0.6) is 0 Å². The number of aryl methyl sites for hydroxylation is 1. The summed E-state index contributed by atoms with van der Waals surface area (Å²) in [6.45, 7) is 3.09. The normalized spacial score (nSPS) is 12.7. The van der Waals surface area contributed by atoms with E-state index in [1.807, 2.05) is 25.2 Å². The summed E-state index contributed by atoms with van der Waals surface area (Å²) in [6.07, 6.45) is 0. The van der Waals surface area contributed by atoms with E-state index in [0.29, 0.717) is 13.2 Å². The highest BCUT2D eigenvalue weighted by Gasteiger charge is 2.13. The molecule has 2 rings (SSSR count). The number of nitrogens with zero attached hydrogens (tertiary/aromatic N) is 2. The summed E-state index contributed by atoms with van der Waals surface area (Å²) in [6, 6.07) is 8.14. The van der Waals surface area contributed by atoms with Crippen molar-refractivity contribution in [3.05, 3.63) is 30.1 Å². The lowest BCUT2D eigenvalue weighted by atomic mass is 10.3. The first-order valence-corrected chi connectivity index (χ1v) is 6.60. The van der Waals surface area contributed by atoms with Crippen molar-refractivity contribution in [1.82, 2.24) is 14.9 Å². The van der Waals surface area contributed by atoms with Crippen molar-refractivity contribution in [3.63, 3.8) is 0 Å². The number of rotatable bonds is 7. The van der Waals surface area contributed by atoms with E-state index in [-0.39, 0.29) is 12.6 Å². The molecule has 20 heavy (non-hydrogen) atoms. The molecule has 1 unspecified atom stereocenters. The van der Waals surface area contributed by atoms with Crippen LogP contribution >= 0.6 is 0 Å². The Morgan fingerprint density at radius 1 is 1.50 bits per heavy atom. The zero-order valence-electron chi connectivity index (χ0n) is 11.8. The number of para-hydroxylation sites is 2. The maximum atomic E-state index is 10.5. The van der Waals surface area contributed by atoms with Crippen molar-refractivity contribution in [1.29, 1.82) is 0 Å². The van der Waals surface area contributed by atoms with Crippen molar-refractivity contribution in [2.45, 2.75) is 13.0 Å². The summed E-state index contributed by atoms with van der Waals surface area (Å²) in [5, 5.41) is 3.31. The van der Waals surface area contributed by atoms with E-state index in [2.05, 4.69) is 27.9 Å². The van der Waals surface area contributed by atoms with Gasteiger partial charge in [-0.3, -0.25) is 4.79 Å². The van der Waals surface area contributed by atoms with Crippen molar-refractivity contribution < 1.29 is 9.53 Å². The number of imidazole rings is 1. The molecule has 2 aromatic rings. The van der Waals surface area contributed by atoms with E-state index in [1.165, 1.54) is 0 Å². The van der Waals surface area contributed by atoms with Gasteiger partial charge in [0.15, 0.2) is 0 Å². The molecule has 1 amide bonds. The fourth-order valence-electron chi connectivity index (χ4n) is 2.16. The van der Waals surface area contributed by atoms with Crippen LogP contribution in [0.1, 0.15) is 18.8 Å². The summed E-state index contributed by atoms with van der Waals surface area (Å²) in [7, 11) is 2.01. The van der Waals surface area contributed by atoms with E-state index >= 15 is 0 Å². The minimum Gasteiger partial charge on any atom is -0.370 e. The second-order valence-electron chi connectivity index (χ2n) is 4.71. The van der Waals surface area contributed by atoms with Crippen molar-refractivity contribution in [2.75, 3.05) is 19.8 Å². The van der Waals surface area contributed by atoms with Crippen molar-refractivity contribution >= 4 is 16.9 Å². The molecule has 0 radical (unpaired) electrons. The van der Waals surface area contributed by atoms with Gasteiger partial charge in [0.1, 0.15) is 12.4 Å². The molecule has 0 fully saturated rings. The fourth-order valence-corrected chi connectivity index (χ4v) is 2.16. The van der Waals surface area contributed by atoms with Gasteiger partial charge in [0.2, 0.25) is 5.91 Å². The summed E-state index contributed by atoms with van der Waals surface area (Å²) < 4.78 is 7.19. The Morgan fingerprint density at radius 3 is 2.95 bits per heavy atom. The van der Waals surface area contributed by atoms with Gasteiger partial charge in [-0.2, -0.15) is 0 Å². The topological polar surface area (TPSA) is 82.2 Å². The number of carbonyl (C=O) groups excluding carboxylic acids is 1. The average molecular weight is 276 g/mol. The molecule has 0 aliphatic carbocycles. The molecule has 1 heterocycles. The van der Waals surface area contributed by atoms with Gasteiger partial charge in [0, 0.05) is 13.6 Å². The highest BCUT2D eigenvalue weighted by molar-refractivity contribution is 5.76. The number of benzene rings is 1. The van der Waals surface area contributed by atoms with E-state index < -0.39 is 5.91 Å². The van der Waals surface area contributed by atoms with E-state index in [1.54, 1.807) is 0 Å². The van der Waals surface area contributed by atoms with Gasteiger partial charge in [-0.1, -0.05) is 12.1 Å². The zero-order valence-corrected chi connectivity index (χ0v) is 11.8. The first kappa shape index (κ1) is 14.5. The fraction of sp³-hybridized carbons (Fsp3) is 0.429. The second-order valence-corrected chi connectivity index (χ2v) is 4.71. The SMILES string of the molecule is CC(NCCOCC(N)=O)c1nc2ccccc2n1C. The van der Waals surface area contributed by atoms with Gasteiger partial charge >= 0.3 is 0 Å². The summed E-state index contributed by atoms with van der Waals surface area (Å²) >= 11 is 0. The highest BCUT2D eigenvalue weighted by Crippen LogP contribution is 2.18. The first-order valence-electron chi connectivity index (χ1n) is 6.60. The highest BCUT2D eigenvalue weighted by atomic mass is 16.5. The van der Waals surface area contributed by atoms with Gasteiger partial charge < -0.3 is 20.4 Å². The minimum atomic E-state index is -0.451. The molecule has 0 spiro atoms. The van der Waals surface area contributed by atoms with E-state index in [4.69, 9.17) is 10.5 Å². The molecular weight excluding hydrogens is 256 g/mol. The van der Waals surface area contributed by atoms with Crippen LogP contribution in [-0.4, -0.2) is 35.2 Å². The minimum absolute atomic E-state index is 0.0393. The molecule has 108 valence electrons. The predicted octanol–water partition coefficient (Wildman–Crippen LogP) is 0.726. The van der Waals surface area contributed by atoms with Crippen molar-refractivity contribution in [2.24, 2.45) is 12.8 Å². The number of fused-ring (bicyclic) bond motifs is 1. The standard InChI is InChI=1S/C14H20N4O2/c1-10(16-7-8-20-9-13(15)19)14-17-11-5-3-4-6-12(11)18(14)2/h3-6,10,16H,7-9H2,1-2H3,(H2,15,19). The lowest BCUT2D eigenvalue weighted by Gasteiger charge is -2.13. The molecule has 1 aromatic carbocycles. The third kappa shape index (κ3) is 3.34. The number of amides is 1. The van der Waals surface area contributed by atoms with Gasteiger partial charge in [-0.05, 0) is 19.1 Å². The average Bonchev–Trinajstić information content (AvgIpc) is 2.76. The number of hydrogen-bond acceptors (Lipinski definition) is 4. The van der Waals surface area contributed by atoms with Gasteiger partial charge in [0.25, 0.3) is 0 Å². The quantitative estimate of drug-likeness (QED) is 0.730. The predicted molar refractivity (Wildman–Crippen MR) is 77.1 cm³/mol. The maximum absolute atomic E-state index is 10.5. The Bertz CT molecular complexity index is 594. The van der Waals surface area contributed by atoms with Crippen molar-refractivity contribution in [3.8, 4) is 0 Å². The van der Waals surface area contributed by atoms with E-state index in [0.717, 1.165) is 16.9 Å². The second kappa shape index (κ2) is 6.49. The number of primary amides is 1. The maximum Gasteiger partial charge on any atom is 0.243 e. The molecule has 6 nitrogen and oxygen atoms in total. The Labute approximate surface area is 117 Å². The number of aromatic nitrogens is 2. The number of nitrogens with one attached hydrogen (secondary N) is 1. The van der Waals surface area contributed by atoms with Crippen LogP contribution in [0.25, 0.3) is 11.0 Å². The smallest absolute Gasteiger partial charge is 0.243 e. The number of hydrogen-bond donors (Lipinski definition) is 2. The molecule has 0 saturated heterocycles. The lowest BCUT2D eigenvalue weighted by Crippen LogP contribution is -2.27. The van der Waals surface area contributed by atoms with Crippen LogP contribution in [0.15, 0.2) is 24.3 Å². The van der Waals surface area contributed by atoms with Crippen LogP contribution in [0.2, 0.25) is 0 Å². The third-order valence-electron chi connectivity index (χ3n) is 3.15. The molecule has 0 aliphatic rings. The molecule has 1 aromatic heterocycles. The summed E-state index contributed by atoms with van der Waals surface area (Å²) in [4.78, 5) is 15.2. The molecule has 3 N–H and O–H groups in total. The van der Waals surface area contributed by atoms with E-state index in [9.17, 15) is 4.79 Å². The Hall–Kier alpha value is -1.92. The summed E-state index contributed by atoms with van der Waals surface area (Å²) in [5.74, 6) is 0.523. The number of nitrogens with two attached hydrogens (primary N) is 1. The number of ether oxygens (including phenoxy) is 1. The zero-order chi connectivity index (χ0) is 14.5. The first-order chi connectivity index (χ1) is 9.59. The van der Waals surface area contributed by atoms with Crippen LogP contribution < -0.4 is 11.1 Å². The molecule has 6 heteroatoms. The Kier molecular flexibility index (Phi) is 4.70. The van der Waals surface area contributed by atoms with Gasteiger partial charge in [-0.15, -0.1) is 0 Å². The lowest BCUT2D eigenvalue weighted by molar-refractivity contribution is -0.122. The molecule has 0 aliphatic heterocycles. The van der Waals surface area contributed by atoms with Crippen LogP contribution in [-0.2, 0) is 16.6 Å². The third-order valence-corrected chi connectivity index (χ3v) is 3.15. The van der Waals surface area contributed by atoms with Gasteiger partial charge in [0.05, 0.1) is 23.7 Å². The Balaban J connectivity index is 1.92. The molecule has 0 bridgehead atoms. The summed E-state index contributed by atoms with van der Waals surface area (Å²) in [5.41, 5.74) is 7.09. The number of carbonyl (C=O) groups is 1. The molecule has 1 atom stereocenters. The van der Waals surface area contributed by atoms with Crippen LogP contribution in [0.4, 0.5) is 0 Å². The van der Waals surface area contributed by atoms with Crippen LogP contribution in [0.3, 0.4) is 0 Å². The Morgan fingerprint density at radius 2 is 2.25 bits per heavy atom. The molecular formula is C14H20N4O2. The molecule has 0 saturated carbocycles. The largest absolute Gasteiger partial charge is 0.370 e. The van der Waals surface area contributed by atoms with Gasteiger partial charge in [-0.25, -0.2) is 4.98 Å². The monoisotopic (exact) mass is 276 g/mol. The van der Waals surface area contributed by atoms with Crippen LogP contribution in [0, 0.1) is 0 Å².